The number of hydrogen-bond acceptors (Lipinski definition) is 6. The molecule has 0 bridgehead atoms. The highest BCUT2D eigenvalue weighted by Gasteiger charge is 2.34. The molecule has 2 heterocycles. The van der Waals surface area contributed by atoms with Crippen LogP contribution >= 0.6 is 0 Å². The van der Waals surface area contributed by atoms with Gasteiger partial charge in [0.15, 0.2) is 17.6 Å². The molecular weight excluding hydrogens is 340 g/mol. The second-order valence-electron chi connectivity index (χ2n) is 6.00. The third kappa shape index (κ3) is 3.42. The largest absolute Gasteiger partial charge is 0.485 e. The predicted molar refractivity (Wildman–Crippen MR) is 89.3 cm³/mol. The van der Waals surface area contributed by atoms with E-state index in [1.165, 1.54) is 0 Å². The second-order valence-corrected chi connectivity index (χ2v) is 6.00. The van der Waals surface area contributed by atoms with Gasteiger partial charge in [0.25, 0.3) is 11.8 Å². The number of benzene rings is 1. The van der Waals surface area contributed by atoms with Gasteiger partial charge < -0.3 is 18.9 Å². The van der Waals surface area contributed by atoms with Crippen molar-refractivity contribution in [1.29, 1.82) is 0 Å². The molecule has 1 aromatic rings. The maximum absolute atomic E-state index is 12.2. The molecular formula is C18H18N2O6. The third-order valence-electron chi connectivity index (χ3n) is 4.20. The van der Waals surface area contributed by atoms with E-state index >= 15 is 0 Å². The molecule has 8 heteroatoms. The third-order valence-corrected chi connectivity index (χ3v) is 4.20. The first-order valence-electron chi connectivity index (χ1n) is 8.31. The Morgan fingerprint density at radius 1 is 0.885 bits per heavy atom. The van der Waals surface area contributed by atoms with Gasteiger partial charge in [0, 0.05) is 0 Å². The fourth-order valence-electron chi connectivity index (χ4n) is 2.84. The lowest BCUT2D eigenvalue weighted by atomic mass is 10.1. The summed E-state index contributed by atoms with van der Waals surface area (Å²) >= 11 is 0. The van der Waals surface area contributed by atoms with Crippen molar-refractivity contribution in [2.24, 2.45) is 0 Å². The highest BCUT2D eigenvalue weighted by molar-refractivity contribution is 5.87. The van der Waals surface area contributed by atoms with E-state index in [1.807, 2.05) is 30.4 Å². The number of carbonyl (C=O) groups excluding carboxylic acids is 2. The molecule has 0 unspecified atom stereocenters. The maximum Gasteiger partial charge on any atom is 0.283 e. The minimum absolute atomic E-state index is 0.0582. The molecule has 8 nitrogen and oxygen atoms in total. The van der Waals surface area contributed by atoms with Crippen molar-refractivity contribution in [1.82, 2.24) is 10.9 Å². The van der Waals surface area contributed by atoms with E-state index in [0.29, 0.717) is 11.5 Å². The van der Waals surface area contributed by atoms with E-state index in [9.17, 15) is 9.59 Å². The molecule has 0 spiro atoms. The molecule has 1 aromatic carbocycles. The minimum Gasteiger partial charge on any atom is -0.485 e. The molecule has 4 rings (SSSR count). The monoisotopic (exact) mass is 358 g/mol. The summed E-state index contributed by atoms with van der Waals surface area (Å²) in [6.45, 7) is 0.167. The Kier molecular flexibility index (Phi) is 4.59. The first kappa shape index (κ1) is 16.6. The quantitative estimate of drug-likeness (QED) is 0.736. The summed E-state index contributed by atoms with van der Waals surface area (Å²) in [4.78, 5) is 24.4. The van der Waals surface area contributed by atoms with Crippen molar-refractivity contribution in [2.45, 2.75) is 24.4 Å². The zero-order chi connectivity index (χ0) is 17.9. The lowest BCUT2D eigenvalue weighted by molar-refractivity contribution is -0.169. The number of hydrogen-bond donors (Lipinski definition) is 2. The standard InChI is InChI=1S/C18H18N2O6/c21-17(15-9-23-11-5-1-3-7-13(11)25-15)19-20-18(22)16-10-24-12-6-2-4-8-14(12)26-16/h1-8,11,13,15-16H,9-10H2,(H,19,21)(H,20,22)/t11-,13+,15-,16+/m1/s1. The Morgan fingerprint density at radius 3 is 2.38 bits per heavy atom. The zero-order valence-electron chi connectivity index (χ0n) is 13.8. The van der Waals surface area contributed by atoms with E-state index in [1.54, 1.807) is 18.2 Å². The number of hydrazine groups is 1. The average molecular weight is 358 g/mol. The highest BCUT2D eigenvalue weighted by atomic mass is 16.6. The van der Waals surface area contributed by atoms with Gasteiger partial charge in [0.05, 0.1) is 6.61 Å². The number of nitrogens with one attached hydrogen (secondary N) is 2. The molecule has 0 aromatic heterocycles. The van der Waals surface area contributed by atoms with Gasteiger partial charge in [-0.05, 0) is 12.1 Å². The molecule has 2 N–H and O–H groups in total. The number of fused-ring (bicyclic) bond motifs is 2. The van der Waals surface area contributed by atoms with Crippen LogP contribution in [-0.4, -0.2) is 49.4 Å². The molecule has 2 aliphatic heterocycles. The predicted octanol–water partition coefficient (Wildman–Crippen LogP) is 0.252. The number of amides is 2. The van der Waals surface area contributed by atoms with Crippen molar-refractivity contribution in [3.05, 3.63) is 48.6 Å². The molecule has 4 atom stereocenters. The molecule has 3 aliphatic rings. The van der Waals surface area contributed by atoms with Crippen LogP contribution < -0.4 is 20.3 Å². The van der Waals surface area contributed by atoms with Gasteiger partial charge in [-0.25, -0.2) is 0 Å². The summed E-state index contributed by atoms with van der Waals surface area (Å²) in [5, 5.41) is 0. The Morgan fingerprint density at radius 2 is 1.58 bits per heavy atom. The minimum atomic E-state index is -0.857. The molecule has 136 valence electrons. The van der Waals surface area contributed by atoms with Crippen LogP contribution in [0.15, 0.2) is 48.6 Å². The van der Waals surface area contributed by atoms with E-state index in [2.05, 4.69) is 10.9 Å². The van der Waals surface area contributed by atoms with Gasteiger partial charge >= 0.3 is 0 Å². The van der Waals surface area contributed by atoms with E-state index in [-0.39, 0.29) is 25.4 Å². The number of rotatable bonds is 2. The molecule has 0 saturated carbocycles. The Balaban J connectivity index is 1.27. The van der Waals surface area contributed by atoms with Gasteiger partial charge in [-0.2, -0.15) is 0 Å². The van der Waals surface area contributed by atoms with Crippen LogP contribution in [0.2, 0.25) is 0 Å². The molecule has 1 saturated heterocycles. The van der Waals surface area contributed by atoms with Crippen molar-refractivity contribution >= 4 is 11.8 Å². The van der Waals surface area contributed by atoms with E-state index in [4.69, 9.17) is 18.9 Å². The summed E-state index contributed by atoms with van der Waals surface area (Å²) in [5.74, 6) is 0.0646. The molecule has 1 aliphatic carbocycles. The van der Waals surface area contributed by atoms with Crippen LogP contribution in [0, 0.1) is 0 Å². The van der Waals surface area contributed by atoms with Crippen LogP contribution in [0.5, 0.6) is 11.5 Å². The fraction of sp³-hybridized carbons (Fsp3) is 0.333. The summed E-state index contributed by atoms with van der Waals surface area (Å²) in [7, 11) is 0. The van der Waals surface area contributed by atoms with Gasteiger partial charge in [0.2, 0.25) is 6.10 Å². The van der Waals surface area contributed by atoms with Crippen molar-refractivity contribution < 1.29 is 28.5 Å². The van der Waals surface area contributed by atoms with Crippen LogP contribution in [0.1, 0.15) is 0 Å². The Hall–Kier alpha value is -2.84. The van der Waals surface area contributed by atoms with Crippen LogP contribution in [0.4, 0.5) is 0 Å². The summed E-state index contributed by atoms with van der Waals surface area (Å²) in [6, 6.07) is 7.07. The summed E-state index contributed by atoms with van der Waals surface area (Å²) in [6.07, 6.45) is 5.24. The van der Waals surface area contributed by atoms with Crippen LogP contribution in [0.3, 0.4) is 0 Å². The zero-order valence-corrected chi connectivity index (χ0v) is 13.8. The fourth-order valence-corrected chi connectivity index (χ4v) is 2.84. The maximum atomic E-state index is 12.2. The highest BCUT2D eigenvalue weighted by Crippen LogP contribution is 2.30. The number of allylic oxidation sites excluding steroid dienone is 2. The molecule has 0 radical (unpaired) electrons. The van der Waals surface area contributed by atoms with Crippen molar-refractivity contribution in [3.8, 4) is 11.5 Å². The normalized spacial score (nSPS) is 28.8. The SMILES string of the molecule is O=C(NNC(=O)[C@H]1CO[C@@H]2C=CC=C[C@@H]2O1)[C@@H]1COc2ccccc2O1. The Labute approximate surface area is 149 Å². The Bertz CT molecular complexity index is 762. The van der Waals surface area contributed by atoms with Crippen LogP contribution in [0.25, 0.3) is 0 Å². The number of carbonyl (C=O) groups is 2. The van der Waals surface area contributed by atoms with E-state index < -0.39 is 24.0 Å². The van der Waals surface area contributed by atoms with Gasteiger partial charge in [-0.15, -0.1) is 0 Å². The van der Waals surface area contributed by atoms with Gasteiger partial charge in [-0.1, -0.05) is 36.4 Å². The lowest BCUT2D eigenvalue weighted by Crippen LogP contribution is -2.56. The summed E-state index contributed by atoms with van der Waals surface area (Å²) < 4.78 is 22.4. The first-order chi connectivity index (χ1) is 12.7. The summed E-state index contributed by atoms with van der Waals surface area (Å²) in [5.41, 5.74) is 4.69. The second kappa shape index (κ2) is 7.19. The van der Waals surface area contributed by atoms with Crippen molar-refractivity contribution in [2.75, 3.05) is 13.2 Å². The molecule has 1 fully saturated rings. The average Bonchev–Trinajstić information content (AvgIpc) is 2.71. The topological polar surface area (TPSA) is 95.1 Å². The lowest BCUT2D eigenvalue weighted by Gasteiger charge is -2.34. The number of ether oxygens (including phenoxy) is 4. The molecule has 2 amide bonds. The molecule has 26 heavy (non-hydrogen) atoms. The van der Waals surface area contributed by atoms with Gasteiger partial charge in [-0.3, -0.25) is 20.4 Å². The van der Waals surface area contributed by atoms with Gasteiger partial charge in [0.1, 0.15) is 18.8 Å². The number of para-hydroxylation sites is 2. The first-order valence-corrected chi connectivity index (χ1v) is 8.31. The van der Waals surface area contributed by atoms with Crippen molar-refractivity contribution in [3.63, 3.8) is 0 Å². The van der Waals surface area contributed by atoms with Crippen LogP contribution in [-0.2, 0) is 19.1 Å². The van der Waals surface area contributed by atoms with E-state index in [0.717, 1.165) is 0 Å². The smallest absolute Gasteiger partial charge is 0.283 e.